The van der Waals surface area contributed by atoms with Gasteiger partial charge >= 0.3 is 0 Å². The van der Waals surface area contributed by atoms with E-state index < -0.39 is 0 Å². The number of benzene rings is 1. The average Bonchev–Trinajstić information content (AvgIpc) is 2.48. The van der Waals surface area contributed by atoms with Gasteiger partial charge < -0.3 is 5.32 Å². The van der Waals surface area contributed by atoms with Crippen LogP contribution in [0.15, 0.2) is 29.1 Å². The fraction of sp³-hybridized carbons (Fsp3) is 0.438. The van der Waals surface area contributed by atoms with Crippen molar-refractivity contribution in [3.8, 4) is 0 Å². The van der Waals surface area contributed by atoms with Gasteiger partial charge in [-0.15, -0.1) is 0 Å². The number of hydrogen-bond donors (Lipinski definition) is 2. The third-order valence-corrected chi connectivity index (χ3v) is 3.53. The summed E-state index contributed by atoms with van der Waals surface area (Å²) in [6.45, 7) is 4.14. The molecule has 0 bridgehead atoms. The zero-order chi connectivity index (χ0) is 15.2. The lowest BCUT2D eigenvalue weighted by molar-refractivity contribution is 0.0933. The van der Waals surface area contributed by atoms with Crippen molar-refractivity contribution in [3.63, 3.8) is 0 Å². The standard InChI is InChI=1S/C16H21N3O2/c1-3-4-5-8-11(2)17-16(21)14-12-9-6-7-10-13(12)15(20)19-18-14/h6-7,9-11H,3-5,8H2,1-2H3,(H,17,21)(H,19,20). The number of unbranched alkanes of at least 4 members (excludes halogenated alkanes) is 2. The Bertz CT molecular complexity index is 679. The van der Waals surface area contributed by atoms with E-state index in [1.165, 1.54) is 6.42 Å². The van der Waals surface area contributed by atoms with Crippen molar-refractivity contribution in [3.05, 3.63) is 40.3 Å². The average molecular weight is 287 g/mol. The molecular weight excluding hydrogens is 266 g/mol. The SMILES string of the molecule is CCCCCC(C)NC(=O)c1n[nH]c(=O)c2ccccc12. The van der Waals surface area contributed by atoms with Crippen molar-refractivity contribution >= 4 is 16.7 Å². The van der Waals surface area contributed by atoms with E-state index in [1.807, 2.05) is 6.92 Å². The van der Waals surface area contributed by atoms with Crippen molar-refractivity contribution < 1.29 is 4.79 Å². The van der Waals surface area contributed by atoms with Gasteiger partial charge in [-0.1, -0.05) is 44.4 Å². The summed E-state index contributed by atoms with van der Waals surface area (Å²) in [7, 11) is 0. The Balaban J connectivity index is 2.16. The fourth-order valence-corrected chi connectivity index (χ4v) is 2.35. The number of carbonyl (C=O) groups excluding carboxylic acids is 1. The maximum atomic E-state index is 12.3. The highest BCUT2D eigenvalue weighted by atomic mass is 16.2. The number of amides is 1. The van der Waals surface area contributed by atoms with E-state index in [0.717, 1.165) is 19.3 Å². The molecule has 1 aromatic carbocycles. The molecule has 1 heterocycles. The molecular formula is C16H21N3O2. The van der Waals surface area contributed by atoms with E-state index in [4.69, 9.17) is 0 Å². The van der Waals surface area contributed by atoms with Crippen molar-refractivity contribution in [2.24, 2.45) is 0 Å². The summed E-state index contributed by atoms with van der Waals surface area (Å²) in [5, 5.41) is 10.3. The number of hydrogen-bond acceptors (Lipinski definition) is 3. The normalized spacial score (nSPS) is 12.3. The first kappa shape index (κ1) is 15.2. The van der Waals surface area contributed by atoms with Gasteiger partial charge in [-0.25, -0.2) is 5.10 Å². The number of nitrogens with zero attached hydrogens (tertiary/aromatic N) is 1. The number of carbonyl (C=O) groups is 1. The molecule has 21 heavy (non-hydrogen) atoms. The first-order chi connectivity index (χ1) is 10.1. The van der Waals surface area contributed by atoms with E-state index in [-0.39, 0.29) is 23.2 Å². The predicted octanol–water partition coefficient (Wildman–Crippen LogP) is 2.62. The number of rotatable bonds is 6. The second kappa shape index (κ2) is 7.02. The van der Waals surface area contributed by atoms with Crippen LogP contribution in [0.1, 0.15) is 50.0 Å². The lowest BCUT2D eigenvalue weighted by atomic mass is 10.1. The zero-order valence-electron chi connectivity index (χ0n) is 12.5. The number of aromatic amines is 1. The largest absolute Gasteiger partial charge is 0.348 e. The molecule has 0 radical (unpaired) electrons. The van der Waals surface area contributed by atoms with Crippen LogP contribution in [0.5, 0.6) is 0 Å². The van der Waals surface area contributed by atoms with Crippen LogP contribution in [-0.2, 0) is 0 Å². The van der Waals surface area contributed by atoms with E-state index in [9.17, 15) is 9.59 Å². The van der Waals surface area contributed by atoms with Gasteiger partial charge in [0.05, 0.1) is 5.39 Å². The molecule has 0 spiro atoms. The molecule has 1 atom stereocenters. The van der Waals surface area contributed by atoms with Crippen LogP contribution in [0.25, 0.3) is 10.8 Å². The van der Waals surface area contributed by atoms with Crippen LogP contribution >= 0.6 is 0 Å². The van der Waals surface area contributed by atoms with Crippen molar-refractivity contribution in [2.75, 3.05) is 0 Å². The summed E-state index contributed by atoms with van der Waals surface area (Å²) in [5.41, 5.74) is -0.00862. The predicted molar refractivity (Wildman–Crippen MR) is 83.4 cm³/mol. The molecule has 0 fully saturated rings. The monoisotopic (exact) mass is 287 g/mol. The third kappa shape index (κ3) is 3.68. The Hall–Kier alpha value is -2.17. The summed E-state index contributed by atoms with van der Waals surface area (Å²) >= 11 is 0. The van der Waals surface area contributed by atoms with Gasteiger partial charge in [0.25, 0.3) is 11.5 Å². The summed E-state index contributed by atoms with van der Waals surface area (Å²) in [6, 6.07) is 7.10. The molecule has 2 aromatic rings. The maximum Gasteiger partial charge on any atom is 0.272 e. The molecule has 0 saturated heterocycles. The van der Waals surface area contributed by atoms with Crippen LogP contribution in [0.3, 0.4) is 0 Å². The van der Waals surface area contributed by atoms with Gasteiger partial charge in [-0.3, -0.25) is 9.59 Å². The van der Waals surface area contributed by atoms with E-state index in [2.05, 4.69) is 22.4 Å². The van der Waals surface area contributed by atoms with E-state index in [0.29, 0.717) is 10.8 Å². The van der Waals surface area contributed by atoms with Crippen LogP contribution in [0.2, 0.25) is 0 Å². The van der Waals surface area contributed by atoms with Crippen molar-refractivity contribution in [1.82, 2.24) is 15.5 Å². The molecule has 2 rings (SSSR count). The quantitative estimate of drug-likeness (QED) is 0.802. The lowest BCUT2D eigenvalue weighted by Crippen LogP contribution is -2.34. The molecule has 5 heteroatoms. The second-order valence-electron chi connectivity index (χ2n) is 5.32. The summed E-state index contributed by atoms with van der Waals surface area (Å²) < 4.78 is 0. The summed E-state index contributed by atoms with van der Waals surface area (Å²) in [5.74, 6) is -0.244. The van der Waals surface area contributed by atoms with Crippen LogP contribution in [0, 0.1) is 0 Å². The van der Waals surface area contributed by atoms with E-state index >= 15 is 0 Å². The molecule has 0 aliphatic carbocycles. The maximum absolute atomic E-state index is 12.3. The lowest BCUT2D eigenvalue weighted by Gasteiger charge is -2.13. The van der Waals surface area contributed by atoms with Gasteiger partial charge in [0.1, 0.15) is 0 Å². The number of fused-ring (bicyclic) bond motifs is 1. The Kier molecular flexibility index (Phi) is 5.09. The van der Waals surface area contributed by atoms with Gasteiger partial charge in [-0.2, -0.15) is 5.10 Å². The number of nitrogens with one attached hydrogen (secondary N) is 2. The Morgan fingerprint density at radius 3 is 2.71 bits per heavy atom. The Morgan fingerprint density at radius 2 is 2.00 bits per heavy atom. The molecule has 112 valence electrons. The molecule has 1 aromatic heterocycles. The van der Waals surface area contributed by atoms with E-state index in [1.54, 1.807) is 24.3 Å². The van der Waals surface area contributed by atoms with Crippen LogP contribution in [-0.4, -0.2) is 22.1 Å². The molecule has 1 amide bonds. The molecule has 2 N–H and O–H groups in total. The topological polar surface area (TPSA) is 74.8 Å². The highest BCUT2D eigenvalue weighted by molar-refractivity contribution is 6.04. The van der Waals surface area contributed by atoms with Gasteiger partial charge in [-0.05, 0) is 19.4 Å². The van der Waals surface area contributed by atoms with Crippen molar-refractivity contribution in [1.29, 1.82) is 0 Å². The Labute approximate surface area is 123 Å². The first-order valence-corrected chi connectivity index (χ1v) is 7.41. The smallest absolute Gasteiger partial charge is 0.272 e. The molecule has 0 aliphatic heterocycles. The summed E-state index contributed by atoms with van der Waals surface area (Å²) in [4.78, 5) is 24.0. The number of H-pyrrole nitrogens is 1. The summed E-state index contributed by atoms with van der Waals surface area (Å²) in [6.07, 6.45) is 4.37. The van der Waals surface area contributed by atoms with Crippen LogP contribution in [0.4, 0.5) is 0 Å². The Morgan fingerprint density at radius 1 is 1.29 bits per heavy atom. The van der Waals surface area contributed by atoms with Gasteiger partial charge in [0.15, 0.2) is 5.69 Å². The first-order valence-electron chi connectivity index (χ1n) is 7.41. The van der Waals surface area contributed by atoms with Gasteiger partial charge in [0.2, 0.25) is 0 Å². The highest BCUT2D eigenvalue weighted by Crippen LogP contribution is 2.12. The fourth-order valence-electron chi connectivity index (χ4n) is 2.35. The molecule has 5 nitrogen and oxygen atoms in total. The molecule has 0 saturated carbocycles. The minimum atomic E-state index is -0.279. The molecule has 0 aliphatic rings. The number of aromatic nitrogens is 2. The highest BCUT2D eigenvalue weighted by Gasteiger charge is 2.15. The van der Waals surface area contributed by atoms with Gasteiger partial charge in [0, 0.05) is 11.4 Å². The minimum Gasteiger partial charge on any atom is -0.348 e. The minimum absolute atomic E-state index is 0.0940. The third-order valence-electron chi connectivity index (χ3n) is 3.53. The zero-order valence-corrected chi connectivity index (χ0v) is 12.5. The second-order valence-corrected chi connectivity index (χ2v) is 5.32. The van der Waals surface area contributed by atoms with Crippen molar-refractivity contribution in [2.45, 2.75) is 45.6 Å². The molecule has 1 unspecified atom stereocenters. The van der Waals surface area contributed by atoms with Crippen LogP contribution < -0.4 is 10.9 Å².